The number of benzene rings is 1. The molecular weight excluding hydrogens is 186 g/mol. The van der Waals surface area contributed by atoms with E-state index in [-0.39, 0.29) is 5.75 Å². The highest BCUT2D eigenvalue weighted by Crippen LogP contribution is 2.31. The minimum Gasteiger partial charge on any atom is -0.490 e. The molecule has 14 heavy (non-hydrogen) atoms. The first-order valence-corrected chi connectivity index (χ1v) is 4.75. The Morgan fingerprint density at radius 1 is 1.36 bits per heavy atom. The van der Waals surface area contributed by atoms with E-state index in [1.54, 1.807) is 6.92 Å². The topological polar surface area (TPSA) is 9.23 Å². The van der Waals surface area contributed by atoms with Crippen LogP contribution < -0.4 is 4.74 Å². The summed E-state index contributed by atoms with van der Waals surface area (Å²) in [5.74, 6) is -0.404. The van der Waals surface area contributed by atoms with Crippen LogP contribution in [0.5, 0.6) is 5.75 Å². The van der Waals surface area contributed by atoms with E-state index in [4.69, 9.17) is 4.74 Å². The second-order valence-electron chi connectivity index (χ2n) is 3.79. The van der Waals surface area contributed by atoms with E-state index in [0.717, 1.165) is 18.9 Å². The third-order valence-corrected chi connectivity index (χ3v) is 2.35. The molecule has 0 aromatic heterocycles. The highest BCUT2D eigenvalue weighted by Gasteiger charge is 2.23. The van der Waals surface area contributed by atoms with Crippen LogP contribution in [0.2, 0.25) is 0 Å². The van der Waals surface area contributed by atoms with Crippen LogP contribution in [-0.4, -0.2) is 6.61 Å². The lowest BCUT2D eigenvalue weighted by Crippen LogP contribution is -2.03. The molecule has 3 heteroatoms. The van der Waals surface area contributed by atoms with Gasteiger partial charge in [0.15, 0.2) is 11.6 Å². The average molecular weight is 198 g/mol. The maximum atomic E-state index is 13.2. The van der Waals surface area contributed by atoms with E-state index in [2.05, 4.69) is 0 Å². The summed E-state index contributed by atoms with van der Waals surface area (Å²) in [5, 5.41) is 0. The Morgan fingerprint density at radius 2 is 2.07 bits per heavy atom. The second kappa shape index (κ2) is 3.56. The van der Waals surface area contributed by atoms with E-state index in [9.17, 15) is 8.78 Å². The van der Waals surface area contributed by atoms with E-state index >= 15 is 0 Å². The van der Waals surface area contributed by atoms with E-state index in [0.29, 0.717) is 18.1 Å². The number of aryl methyl sites for hydroxylation is 1. The zero-order valence-electron chi connectivity index (χ0n) is 8.02. The molecule has 2 rings (SSSR count). The summed E-state index contributed by atoms with van der Waals surface area (Å²) in [6.07, 6.45) is 2.31. The van der Waals surface area contributed by atoms with Gasteiger partial charge in [0.05, 0.1) is 6.61 Å². The first kappa shape index (κ1) is 9.44. The van der Waals surface area contributed by atoms with Crippen LogP contribution in [0.1, 0.15) is 18.4 Å². The van der Waals surface area contributed by atoms with Crippen molar-refractivity contribution >= 4 is 0 Å². The molecule has 0 N–H and O–H groups in total. The summed E-state index contributed by atoms with van der Waals surface area (Å²) < 4.78 is 31.2. The molecule has 0 bridgehead atoms. The summed E-state index contributed by atoms with van der Waals surface area (Å²) in [7, 11) is 0. The van der Waals surface area contributed by atoms with Crippen molar-refractivity contribution < 1.29 is 13.5 Å². The molecule has 1 aliphatic rings. The summed E-state index contributed by atoms with van der Waals surface area (Å²) >= 11 is 0. The fourth-order valence-corrected chi connectivity index (χ4v) is 1.36. The molecule has 1 nitrogen and oxygen atoms in total. The largest absolute Gasteiger partial charge is 0.490 e. The Bertz CT molecular complexity index is 322. The predicted octanol–water partition coefficient (Wildman–Crippen LogP) is 3.06. The van der Waals surface area contributed by atoms with Crippen LogP contribution in [0.4, 0.5) is 8.78 Å². The van der Waals surface area contributed by atoms with Crippen molar-refractivity contribution in [1.82, 2.24) is 0 Å². The lowest BCUT2D eigenvalue weighted by atomic mass is 10.2. The Kier molecular flexibility index (Phi) is 2.40. The monoisotopic (exact) mass is 198 g/mol. The van der Waals surface area contributed by atoms with Crippen LogP contribution >= 0.6 is 0 Å². The molecule has 0 atom stereocenters. The molecule has 1 aromatic rings. The van der Waals surface area contributed by atoms with Crippen LogP contribution in [0.3, 0.4) is 0 Å². The highest BCUT2D eigenvalue weighted by molar-refractivity contribution is 5.34. The van der Waals surface area contributed by atoms with E-state index < -0.39 is 11.6 Å². The molecule has 1 saturated carbocycles. The molecule has 0 aliphatic heterocycles. The zero-order chi connectivity index (χ0) is 10.1. The number of rotatable bonds is 3. The van der Waals surface area contributed by atoms with E-state index in [1.807, 2.05) is 0 Å². The zero-order valence-corrected chi connectivity index (χ0v) is 8.02. The second-order valence-corrected chi connectivity index (χ2v) is 3.79. The van der Waals surface area contributed by atoms with Gasteiger partial charge in [-0.1, -0.05) is 0 Å². The van der Waals surface area contributed by atoms with Gasteiger partial charge in [-0.05, 0) is 37.3 Å². The standard InChI is InChI=1S/C11H12F2O/c1-7-4-9(12)5-10(13)11(7)14-6-8-2-3-8/h4-5,8H,2-3,6H2,1H3. The molecule has 1 aliphatic carbocycles. The van der Waals surface area contributed by atoms with Crippen molar-refractivity contribution in [1.29, 1.82) is 0 Å². The SMILES string of the molecule is Cc1cc(F)cc(F)c1OCC1CC1. The quantitative estimate of drug-likeness (QED) is 0.725. The van der Waals surface area contributed by atoms with Crippen LogP contribution in [0.15, 0.2) is 12.1 Å². The molecule has 1 fully saturated rings. The minimum absolute atomic E-state index is 0.193. The van der Waals surface area contributed by atoms with Gasteiger partial charge in [-0.2, -0.15) is 0 Å². The van der Waals surface area contributed by atoms with Crippen molar-refractivity contribution in [3.05, 3.63) is 29.3 Å². The molecule has 0 radical (unpaired) electrons. The molecule has 0 unspecified atom stereocenters. The molecule has 0 spiro atoms. The minimum atomic E-state index is -0.608. The van der Waals surface area contributed by atoms with Gasteiger partial charge >= 0.3 is 0 Å². The van der Waals surface area contributed by atoms with Crippen molar-refractivity contribution in [2.24, 2.45) is 5.92 Å². The van der Waals surface area contributed by atoms with Gasteiger partial charge in [-0.3, -0.25) is 0 Å². The van der Waals surface area contributed by atoms with Gasteiger partial charge in [0.1, 0.15) is 5.82 Å². The van der Waals surface area contributed by atoms with Crippen LogP contribution in [-0.2, 0) is 0 Å². The molecule has 76 valence electrons. The number of hydrogen-bond donors (Lipinski definition) is 0. The van der Waals surface area contributed by atoms with E-state index in [1.165, 1.54) is 6.07 Å². The van der Waals surface area contributed by atoms with Crippen LogP contribution in [0.25, 0.3) is 0 Å². The Morgan fingerprint density at radius 3 is 2.64 bits per heavy atom. The summed E-state index contributed by atoms with van der Waals surface area (Å²) in [6, 6.07) is 2.14. The normalized spacial score (nSPS) is 15.6. The fraction of sp³-hybridized carbons (Fsp3) is 0.455. The van der Waals surface area contributed by atoms with Gasteiger partial charge < -0.3 is 4.74 Å². The van der Waals surface area contributed by atoms with Crippen molar-refractivity contribution in [2.45, 2.75) is 19.8 Å². The van der Waals surface area contributed by atoms with Crippen molar-refractivity contribution in [3.8, 4) is 5.75 Å². The Hall–Kier alpha value is -1.12. The smallest absolute Gasteiger partial charge is 0.168 e. The van der Waals surface area contributed by atoms with Crippen molar-refractivity contribution in [3.63, 3.8) is 0 Å². The molecule has 0 amide bonds. The average Bonchev–Trinajstić information content (AvgIpc) is 2.85. The van der Waals surface area contributed by atoms with Gasteiger partial charge in [0, 0.05) is 6.07 Å². The highest BCUT2D eigenvalue weighted by atomic mass is 19.1. The Balaban J connectivity index is 2.13. The lowest BCUT2D eigenvalue weighted by molar-refractivity contribution is 0.282. The lowest BCUT2D eigenvalue weighted by Gasteiger charge is -2.09. The first-order chi connectivity index (χ1) is 6.66. The van der Waals surface area contributed by atoms with Gasteiger partial charge in [0.2, 0.25) is 0 Å². The molecule has 0 saturated heterocycles. The Labute approximate surface area is 81.7 Å². The molecular formula is C11H12F2O. The van der Waals surface area contributed by atoms with Gasteiger partial charge in [-0.15, -0.1) is 0 Å². The van der Waals surface area contributed by atoms with Crippen molar-refractivity contribution in [2.75, 3.05) is 6.61 Å². The summed E-state index contributed by atoms with van der Waals surface area (Å²) in [6.45, 7) is 2.19. The number of hydrogen-bond acceptors (Lipinski definition) is 1. The molecule has 0 heterocycles. The van der Waals surface area contributed by atoms with Gasteiger partial charge in [-0.25, -0.2) is 8.78 Å². The summed E-state index contributed by atoms with van der Waals surface area (Å²) in [4.78, 5) is 0. The molecule has 1 aromatic carbocycles. The third-order valence-electron chi connectivity index (χ3n) is 2.35. The fourth-order valence-electron chi connectivity index (χ4n) is 1.36. The first-order valence-electron chi connectivity index (χ1n) is 4.75. The third kappa shape index (κ3) is 2.03. The predicted molar refractivity (Wildman–Crippen MR) is 49.3 cm³/mol. The number of ether oxygens (including phenoxy) is 1. The number of halogens is 2. The van der Waals surface area contributed by atoms with Gasteiger partial charge in [0.25, 0.3) is 0 Å². The summed E-state index contributed by atoms with van der Waals surface area (Å²) in [5.41, 5.74) is 0.517. The maximum absolute atomic E-state index is 13.2. The maximum Gasteiger partial charge on any atom is 0.168 e. The van der Waals surface area contributed by atoms with Crippen LogP contribution in [0, 0.1) is 24.5 Å².